The lowest BCUT2D eigenvalue weighted by Crippen LogP contribution is -2.37. The lowest BCUT2D eigenvalue weighted by Gasteiger charge is -2.24. The Labute approximate surface area is 126 Å². The van der Waals surface area contributed by atoms with E-state index < -0.39 is 0 Å². The van der Waals surface area contributed by atoms with Crippen molar-refractivity contribution in [1.82, 2.24) is 4.90 Å². The summed E-state index contributed by atoms with van der Waals surface area (Å²) in [7, 11) is 1.35. The molecule has 4 heteroatoms. The van der Waals surface area contributed by atoms with Gasteiger partial charge in [-0.3, -0.25) is 9.59 Å². The predicted molar refractivity (Wildman–Crippen MR) is 83.2 cm³/mol. The number of esters is 1. The zero-order valence-corrected chi connectivity index (χ0v) is 13.2. The minimum absolute atomic E-state index is 0.103. The largest absolute Gasteiger partial charge is 0.469 e. The lowest BCUT2D eigenvalue weighted by atomic mass is 10.0. The van der Waals surface area contributed by atoms with Crippen LogP contribution in [0.3, 0.4) is 0 Å². The quantitative estimate of drug-likeness (QED) is 0.597. The van der Waals surface area contributed by atoms with Crippen molar-refractivity contribution in [2.24, 2.45) is 5.92 Å². The van der Waals surface area contributed by atoms with Crippen molar-refractivity contribution in [3.8, 4) is 0 Å². The number of benzene rings is 1. The van der Waals surface area contributed by atoms with Crippen molar-refractivity contribution >= 4 is 11.9 Å². The van der Waals surface area contributed by atoms with Gasteiger partial charge in [0.1, 0.15) is 0 Å². The number of nitrogens with zero attached hydrogens (tertiary/aromatic N) is 1. The highest BCUT2D eigenvalue weighted by atomic mass is 16.5. The highest BCUT2D eigenvalue weighted by Crippen LogP contribution is 2.13. The summed E-state index contributed by atoms with van der Waals surface area (Å²) < 4.78 is 4.71. The molecule has 1 amide bonds. The SMILES string of the molecule is C=CCN(CC(C)C(=O)OC)C(=O)c1ccc(C)c(C)c1. The number of carbonyl (C=O) groups excluding carboxylic acids is 2. The summed E-state index contributed by atoms with van der Waals surface area (Å²) in [5.74, 6) is -0.795. The number of methoxy groups -OCH3 is 1. The second-order valence-corrected chi connectivity index (χ2v) is 5.22. The predicted octanol–water partition coefficient (Wildman–Crippen LogP) is 2.74. The zero-order valence-electron chi connectivity index (χ0n) is 13.2. The van der Waals surface area contributed by atoms with Crippen molar-refractivity contribution in [2.75, 3.05) is 20.2 Å². The van der Waals surface area contributed by atoms with E-state index in [-0.39, 0.29) is 17.8 Å². The van der Waals surface area contributed by atoms with E-state index in [4.69, 9.17) is 4.74 Å². The molecule has 0 N–H and O–H groups in total. The Kier molecular flexibility index (Phi) is 6.15. The molecule has 1 rings (SSSR count). The second-order valence-electron chi connectivity index (χ2n) is 5.22. The van der Waals surface area contributed by atoms with Crippen LogP contribution in [0.2, 0.25) is 0 Å². The molecule has 0 spiro atoms. The third kappa shape index (κ3) is 4.45. The molecule has 0 saturated heterocycles. The molecule has 0 bridgehead atoms. The molecule has 1 unspecified atom stereocenters. The average Bonchev–Trinajstić information content (AvgIpc) is 2.47. The fourth-order valence-electron chi connectivity index (χ4n) is 2.06. The maximum atomic E-state index is 12.6. The Hall–Kier alpha value is -2.10. The first-order valence-electron chi connectivity index (χ1n) is 6.96. The molecule has 0 aromatic heterocycles. The van der Waals surface area contributed by atoms with E-state index in [1.165, 1.54) is 7.11 Å². The van der Waals surface area contributed by atoms with Gasteiger partial charge in [0, 0.05) is 18.7 Å². The highest BCUT2D eigenvalue weighted by Gasteiger charge is 2.21. The van der Waals surface area contributed by atoms with Gasteiger partial charge < -0.3 is 9.64 Å². The number of ether oxygens (including phenoxy) is 1. The van der Waals surface area contributed by atoms with Gasteiger partial charge in [0.2, 0.25) is 0 Å². The molecule has 114 valence electrons. The molecule has 0 aliphatic heterocycles. The van der Waals surface area contributed by atoms with Gasteiger partial charge in [0.05, 0.1) is 13.0 Å². The Morgan fingerprint density at radius 2 is 2.00 bits per heavy atom. The number of amides is 1. The highest BCUT2D eigenvalue weighted by molar-refractivity contribution is 5.94. The molecule has 1 aromatic carbocycles. The van der Waals surface area contributed by atoms with E-state index in [2.05, 4.69) is 6.58 Å². The third-order valence-electron chi connectivity index (χ3n) is 3.49. The molecule has 0 heterocycles. The summed E-state index contributed by atoms with van der Waals surface area (Å²) in [6.45, 7) is 10.1. The van der Waals surface area contributed by atoms with Crippen LogP contribution < -0.4 is 0 Å². The van der Waals surface area contributed by atoms with E-state index in [1.807, 2.05) is 32.0 Å². The molecule has 0 fully saturated rings. The number of rotatable bonds is 6. The standard InChI is InChI=1S/C17H23NO3/c1-6-9-18(11-14(4)17(20)21-5)16(19)15-8-7-12(2)13(3)10-15/h6-8,10,14H,1,9,11H2,2-5H3. The van der Waals surface area contributed by atoms with Crippen LogP contribution in [0, 0.1) is 19.8 Å². The number of hydrogen-bond donors (Lipinski definition) is 0. The minimum atomic E-state index is -0.370. The van der Waals surface area contributed by atoms with Crippen LogP contribution in [-0.4, -0.2) is 37.0 Å². The van der Waals surface area contributed by atoms with Crippen molar-refractivity contribution in [3.05, 3.63) is 47.5 Å². The Bertz CT molecular complexity index is 537. The molecule has 1 atom stereocenters. The second kappa shape index (κ2) is 7.62. The van der Waals surface area contributed by atoms with Crippen LogP contribution in [-0.2, 0) is 9.53 Å². The van der Waals surface area contributed by atoms with Gasteiger partial charge in [-0.1, -0.05) is 19.1 Å². The first-order valence-corrected chi connectivity index (χ1v) is 6.96. The summed E-state index contributed by atoms with van der Waals surface area (Å²) in [4.78, 5) is 25.7. The normalized spacial score (nSPS) is 11.6. The maximum absolute atomic E-state index is 12.6. The Balaban J connectivity index is 2.93. The molecule has 0 aliphatic carbocycles. The van der Waals surface area contributed by atoms with Crippen LogP contribution >= 0.6 is 0 Å². The van der Waals surface area contributed by atoms with Crippen molar-refractivity contribution in [2.45, 2.75) is 20.8 Å². The van der Waals surface area contributed by atoms with Crippen molar-refractivity contribution in [3.63, 3.8) is 0 Å². The van der Waals surface area contributed by atoms with Gasteiger partial charge in [-0.25, -0.2) is 0 Å². The summed E-state index contributed by atoms with van der Waals surface area (Å²) in [5, 5.41) is 0. The topological polar surface area (TPSA) is 46.6 Å². The van der Waals surface area contributed by atoms with Crippen LogP contribution in [0.25, 0.3) is 0 Å². The third-order valence-corrected chi connectivity index (χ3v) is 3.49. The molecule has 21 heavy (non-hydrogen) atoms. The van der Waals surface area contributed by atoms with Gasteiger partial charge in [-0.2, -0.15) is 0 Å². The van der Waals surface area contributed by atoms with E-state index >= 15 is 0 Å². The fraction of sp³-hybridized carbons (Fsp3) is 0.412. The summed E-state index contributed by atoms with van der Waals surface area (Å²) in [6.07, 6.45) is 1.66. The monoisotopic (exact) mass is 289 g/mol. The first kappa shape index (κ1) is 17.0. The zero-order chi connectivity index (χ0) is 16.0. The van der Waals surface area contributed by atoms with Crippen LogP contribution in [0.4, 0.5) is 0 Å². The minimum Gasteiger partial charge on any atom is -0.469 e. The van der Waals surface area contributed by atoms with Crippen LogP contribution in [0.15, 0.2) is 30.9 Å². The van der Waals surface area contributed by atoms with Gasteiger partial charge in [0.25, 0.3) is 5.91 Å². The summed E-state index contributed by atoms with van der Waals surface area (Å²) >= 11 is 0. The van der Waals surface area contributed by atoms with Crippen molar-refractivity contribution in [1.29, 1.82) is 0 Å². The smallest absolute Gasteiger partial charge is 0.310 e. The lowest BCUT2D eigenvalue weighted by molar-refractivity contribution is -0.145. The van der Waals surface area contributed by atoms with E-state index in [1.54, 1.807) is 17.9 Å². The molecule has 1 aromatic rings. The molecule has 0 aliphatic rings. The van der Waals surface area contributed by atoms with Crippen LogP contribution in [0.5, 0.6) is 0 Å². The van der Waals surface area contributed by atoms with Gasteiger partial charge >= 0.3 is 5.97 Å². The molecule has 0 radical (unpaired) electrons. The fourth-order valence-corrected chi connectivity index (χ4v) is 2.06. The molecule has 4 nitrogen and oxygen atoms in total. The van der Waals surface area contributed by atoms with Crippen LogP contribution in [0.1, 0.15) is 28.4 Å². The summed E-state index contributed by atoms with van der Waals surface area (Å²) in [5.41, 5.74) is 2.84. The Morgan fingerprint density at radius 3 is 2.52 bits per heavy atom. The van der Waals surface area contributed by atoms with E-state index in [9.17, 15) is 9.59 Å². The van der Waals surface area contributed by atoms with Gasteiger partial charge in [0.15, 0.2) is 0 Å². The Morgan fingerprint density at radius 1 is 1.33 bits per heavy atom. The number of carbonyl (C=O) groups is 2. The molecular weight excluding hydrogens is 266 g/mol. The van der Waals surface area contributed by atoms with E-state index in [0.717, 1.165) is 11.1 Å². The van der Waals surface area contributed by atoms with Crippen molar-refractivity contribution < 1.29 is 14.3 Å². The average molecular weight is 289 g/mol. The van der Waals surface area contributed by atoms with E-state index in [0.29, 0.717) is 18.7 Å². The van der Waals surface area contributed by atoms with Gasteiger partial charge in [-0.05, 0) is 37.1 Å². The number of aryl methyl sites for hydroxylation is 2. The van der Waals surface area contributed by atoms with Gasteiger partial charge in [-0.15, -0.1) is 6.58 Å². The molecular formula is C17H23NO3. The summed E-state index contributed by atoms with van der Waals surface area (Å²) in [6, 6.07) is 5.61. The first-order chi connectivity index (χ1) is 9.90. The number of hydrogen-bond acceptors (Lipinski definition) is 3. The maximum Gasteiger partial charge on any atom is 0.310 e. The molecule has 0 saturated carbocycles.